The Balaban J connectivity index is 1.84. The van der Waals surface area contributed by atoms with Gasteiger partial charge < -0.3 is 0 Å². The second-order valence-electron chi connectivity index (χ2n) is 7.47. The normalized spacial score (nSPS) is 12.0. The van der Waals surface area contributed by atoms with Gasteiger partial charge in [0.05, 0.1) is 27.9 Å². The lowest BCUT2D eigenvalue weighted by Crippen LogP contribution is -2.24. The predicted octanol–water partition coefficient (Wildman–Crippen LogP) is 6.92. The van der Waals surface area contributed by atoms with Crippen LogP contribution in [0.3, 0.4) is 0 Å². The quantitative estimate of drug-likeness (QED) is 0.204. The Bertz CT molecular complexity index is 1630. The number of nitrogens with zero attached hydrogens (tertiary/aromatic N) is 2. The molecule has 3 aromatic carbocycles. The fourth-order valence-electron chi connectivity index (χ4n) is 3.88. The maximum Gasteiger partial charge on any atom is 0.416 e. The fourth-order valence-corrected chi connectivity index (χ4v) is 5.31. The zero-order valence-electron chi connectivity index (χ0n) is 16.8. The molecule has 2 aromatic heterocycles. The number of benzene rings is 3. The molecule has 0 atom stereocenters. The highest BCUT2D eigenvalue weighted by atomic mass is 32.1. The van der Waals surface area contributed by atoms with Gasteiger partial charge in [-0.2, -0.15) is 13.2 Å². The summed E-state index contributed by atoms with van der Waals surface area (Å²) in [5, 5.41) is 0.400. The van der Waals surface area contributed by atoms with Crippen LogP contribution in [0.25, 0.3) is 27.0 Å². The largest absolute Gasteiger partial charge is 0.416 e. The van der Waals surface area contributed by atoms with Crippen molar-refractivity contribution in [3.63, 3.8) is 0 Å². The van der Waals surface area contributed by atoms with Crippen LogP contribution < -0.4 is 5.56 Å². The van der Waals surface area contributed by atoms with E-state index in [2.05, 4.69) is 0 Å². The molecule has 0 aliphatic heterocycles. The third-order valence-corrected chi connectivity index (χ3v) is 6.78. The Labute approximate surface area is 193 Å². The number of halogens is 4. The predicted molar refractivity (Wildman–Crippen MR) is 124 cm³/mol. The summed E-state index contributed by atoms with van der Waals surface area (Å²) in [5.41, 5.74) is 0.906. The van der Waals surface area contributed by atoms with E-state index in [9.17, 15) is 22.4 Å². The van der Waals surface area contributed by atoms with Gasteiger partial charge in [-0.05, 0) is 59.7 Å². The Morgan fingerprint density at radius 3 is 2.39 bits per heavy atom. The highest BCUT2D eigenvalue weighted by molar-refractivity contribution is 7.73. The molecule has 0 aliphatic carbocycles. The SMILES string of the molecule is O=c1c2ccccc2n2c(=S)sc(-c3ccc(F)cc3)c2n1Cc1cccc(C(F)(F)F)c1. The lowest BCUT2D eigenvalue weighted by molar-refractivity contribution is -0.137. The van der Waals surface area contributed by atoms with Crippen molar-refractivity contribution in [3.8, 4) is 10.4 Å². The van der Waals surface area contributed by atoms with Crippen molar-refractivity contribution in [2.75, 3.05) is 0 Å². The molecule has 33 heavy (non-hydrogen) atoms. The number of aromatic nitrogens is 2. The minimum Gasteiger partial charge on any atom is -0.288 e. The molecule has 0 radical (unpaired) electrons. The number of alkyl halides is 3. The number of thiazole rings is 1. The van der Waals surface area contributed by atoms with Crippen LogP contribution in [0, 0.1) is 9.77 Å². The van der Waals surface area contributed by atoms with E-state index in [1.54, 1.807) is 46.9 Å². The van der Waals surface area contributed by atoms with Crippen LogP contribution in [0.2, 0.25) is 0 Å². The van der Waals surface area contributed by atoms with E-state index in [1.165, 1.54) is 34.1 Å². The molecule has 166 valence electrons. The second kappa shape index (κ2) is 7.93. The lowest BCUT2D eigenvalue weighted by atomic mass is 10.1. The van der Waals surface area contributed by atoms with Crippen LogP contribution in [0.1, 0.15) is 11.1 Å². The summed E-state index contributed by atoms with van der Waals surface area (Å²) < 4.78 is 56.9. The third kappa shape index (κ3) is 3.77. The van der Waals surface area contributed by atoms with Crippen LogP contribution in [0.5, 0.6) is 0 Å². The number of para-hydroxylation sites is 1. The van der Waals surface area contributed by atoms with Crippen molar-refractivity contribution in [2.24, 2.45) is 0 Å². The topological polar surface area (TPSA) is 26.4 Å². The van der Waals surface area contributed by atoms with Gasteiger partial charge in [0.25, 0.3) is 5.56 Å². The smallest absolute Gasteiger partial charge is 0.288 e. The van der Waals surface area contributed by atoms with Crippen LogP contribution in [0.4, 0.5) is 17.6 Å². The monoisotopic (exact) mass is 486 g/mol. The summed E-state index contributed by atoms with van der Waals surface area (Å²) in [7, 11) is 0. The van der Waals surface area contributed by atoms with Gasteiger partial charge in [0.2, 0.25) is 0 Å². The first-order chi connectivity index (χ1) is 15.7. The molecule has 0 N–H and O–H groups in total. The van der Waals surface area contributed by atoms with E-state index in [0.29, 0.717) is 36.5 Å². The summed E-state index contributed by atoms with van der Waals surface area (Å²) in [5.74, 6) is -0.405. The zero-order valence-corrected chi connectivity index (χ0v) is 18.4. The first kappa shape index (κ1) is 21.5. The molecule has 0 fully saturated rings. The second-order valence-corrected chi connectivity index (χ2v) is 9.11. The van der Waals surface area contributed by atoms with Crippen LogP contribution >= 0.6 is 23.6 Å². The summed E-state index contributed by atoms with van der Waals surface area (Å²) >= 11 is 6.87. The number of hydrogen-bond acceptors (Lipinski definition) is 3. The summed E-state index contributed by atoms with van der Waals surface area (Å²) in [6.45, 7) is -0.0865. The molecule has 0 unspecified atom stereocenters. The van der Waals surface area contributed by atoms with E-state index in [-0.39, 0.29) is 12.1 Å². The average Bonchev–Trinajstić information content (AvgIpc) is 3.14. The van der Waals surface area contributed by atoms with Gasteiger partial charge >= 0.3 is 6.18 Å². The van der Waals surface area contributed by atoms with E-state index < -0.39 is 17.6 Å². The summed E-state index contributed by atoms with van der Waals surface area (Å²) in [4.78, 5) is 14.1. The molecule has 0 spiro atoms. The van der Waals surface area contributed by atoms with E-state index in [1.807, 2.05) is 0 Å². The molecule has 0 saturated heterocycles. The van der Waals surface area contributed by atoms with Crippen molar-refractivity contribution in [2.45, 2.75) is 12.7 Å². The van der Waals surface area contributed by atoms with Gasteiger partial charge in [0.15, 0.2) is 3.95 Å². The first-order valence-corrected chi connectivity index (χ1v) is 11.1. The minimum atomic E-state index is -4.50. The minimum absolute atomic E-state index is 0.0865. The number of fused-ring (bicyclic) bond motifs is 3. The van der Waals surface area contributed by atoms with Crippen LogP contribution in [0.15, 0.2) is 77.6 Å². The fraction of sp³-hybridized carbons (Fsp3) is 0.0833. The molecule has 2 heterocycles. The molecule has 3 nitrogen and oxygen atoms in total. The van der Waals surface area contributed by atoms with Crippen molar-refractivity contribution >= 4 is 40.1 Å². The molecule has 0 aliphatic rings. The van der Waals surface area contributed by atoms with Crippen molar-refractivity contribution in [1.82, 2.24) is 8.97 Å². The maximum atomic E-state index is 13.5. The Kier molecular flexibility index (Phi) is 5.18. The van der Waals surface area contributed by atoms with Gasteiger partial charge in [0.1, 0.15) is 11.5 Å². The van der Waals surface area contributed by atoms with Gasteiger partial charge in [-0.1, -0.05) is 36.4 Å². The Morgan fingerprint density at radius 2 is 1.67 bits per heavy atom. The van der Waals surface area contributed by atoms with Gasteiger partial charge in [-0.15, -0.1) is 11.3 Å². The van der Waals surface area contributed by atoms with Crippen molar-refractivity contribution < 1.29 is 17.6 Å². The molecule has 0 bridgehead atoms. The maximum absolute atomic E-state index is 13.5. The first-order valence-electron chi connectivity index (χ1n) is 9.83. The number of rotatable bonds is 3. The molecule has 5 rings (SSSR count). The highest BCUT2D eigenvalue weighted by Gasteiger charge is 2.30. The van der Waals surface area contributed by atoms with Crippen LogP contribution in [-0.2, 0) is 12.7 Å². The molecule has 9 heteroatoms. The van der Waals surface area contributed by atoms with Crippen LogP contribution in [-0.4, -0.2) is 8.97 Å². The van der Waals surface area contributed by atoms with E-state index >= 15 is 0 Å². The standard InChI is InChI=1S/C24H14F4N2OS2/c25-17-10-8-15(9-11-17)20-21-29(13-14-4-3-5-16(12-14)24(26,27)28)22(31)18-6-1-2-7-19(18)30(21)23(32)33-20/h1-12H,13H2. The van der Waals surface area contributed by atoms with E-state index in [4.69, 9.17) is 12.2 Å². The van der Waals surface area contributed by atoms with Crippen molar-refractivity contribution in [3.05, 3.63) is 104 Å². The third-order valence-electron chi connectivity index (χ3n) is 5.36. The lowest BCUT2D eigenvalue weighted by Gasteiger charge is -2.14. The Morgan fingerprint density at radius 1 is 0.939 bits per heavy atom. The average molecular weight is 487 g/mol. The number of hydrogen-bond donors (Lipinski definition) is 0. The summed E-state index contributed by atoms with van der Waals surface area (Å²) in [6, 6.07) is 17.6. The zero-order chi connectivity index (χ0) is 23.3. The molecular weight excluding hydrogens is 472 g/mol. The summed E-state index contributed by atoms with van der Waals surface area (Å²) in [6.07, 6.45) is -4.50. The highest BCUT2D eigenvalue weighted by Crippen LogP contribution is 2.34. The van der Waals surface area contributed by atoms with Gasteiger partial charge in [0, 0.05) is 0 Å². The van der Waals surface area contributed by atoms with Gasteiger partial charge in [-0.25, -0.2) is 4.39 Å². The molecule has 5 aromatic rings. The Hall–Kier alpha value is -3.30. The molecule has 0 amide bonds. The van der Waals surface area contributed by atoms with E-state index in [0.717, 1.165) is 12.1 Å². The molecule has 0 saturated carbocycles. The molecular formula is C24H14F4N2OS2. The van der Waals surface area contributed by atoms with Crippen molar-refractivity contribution in [1.29, 1.82) is 0 Å². The van der Waals surface area contributed by atoms with Gasteiger partial charge in [-0.3, -0.25) is 13.8 Å².